The number of hydrogen-bond acceptors (Lipinski definition) is 3. The van der Waals surface area contributed by atoms with E-state index in [4.69, 9.17) is 4.98 Å². The number of aliphatic hydroxyl groups excluding tert-OH is 1. The minimum atomic E-state index is -0.642. The average molecular weight is 429 g/mol. The van der Waals surface area contributed by atoms with Gasteiger partial charge < -0.3 is 15.7 Å². The Kier molecular flexibility index (Phi) is 6.42. The van der Waals surface area contributed by atoms with E-state index in [-0.39, 0.29) is 12.2 Å². The Morgan fingerprint density at radius 2 is 1.66 bits per heavy atom. The number of rotatable bonds is 6. The van der Waals surface area contributed by atoms with Gasteiger partial charge in [-0.2, -0.15) is 0 Å². The second-order valence-electron chi connectivity index (χ2n) is 7.54. The summed E-state index contributed by atoms with van der Waals surface area (Å²) in [7, 11) is 0. The summed E-state index contributed by atoms with van der Waals surface area (Å²) in [6.45, 7) is 1.91. The highest BCUT2D eigenvalue weighted by molar-refractivity contribution is 5.96. The molecule has 0 bridgehead atoms. The van der Waals surface area contributed by atoms with E-state index < -0.39 is 18.0 Å². The number of hydrogen-bond donors (Lipinski definition) is 3. The number of nitrogens with zero attached hydrogens (tertiary/aromatic N) is 1. The van der Waals surface area contributed by atoms with Gasteiger partial charge in [-0.1, -0.05) is 67.6 Å². The van der Waals surface area contributed by atoms with Crippen LogP contribution in [0.15, 0.2) is 78.9 Å². The van der Waals surface area contributed by atoms with Crippen molar-refractivity contribution < 1.29 is 14.3 Å². The van der Waals surface area contributed by atoms with Crippen molar-refractivity contribution in [1.82, 2.24) is 10.3 Å². The largest absolute Gasteiger partial charge is 0.391 e. The summed E-state index contributed by atoms with van der Waals surface area (Å²) < 4.78 is 14.8. The Morgan fingerprint density at radius 1 is 1.00 bits per heavy atom. The van der Waals surface area contributed by atoms with Gasteiger partial charge in [0.05, 0.1) is 23.0 Å². The lowest BCUT2D eigenvalue weighted by Crippen LogP contribution is -2.35. The van der Waals surface area contributed by atoms with Crippen molar-refractivity contribution in [2.45, 2.75) is 19.4 Å². The molecule has 4 rings (SSSR count). The van der Waals surface area contributed by atoms with Crippen molar-refractivity contribution in [1.29, 1.82) is 0 Å². The van der Waals surface area contributed by atoms with Crippen molar-refractivity contribution in [2.24, 2.45) is 0 Å². The van der Waals surface area contributed by atoms with E-state index in [9.17, 15) is 14.3 Å². The SMILES string of the molecule is CCC(O)CNC(=O)Nc1cc2cc(-c3ccccc3)c(-c3ccccc3)nc2cc1F. The molecule has 1 aromatic heterocycles. The number of pyridine rings is 1. The number of aromatic nitrogens is 1. The van der Waals surface area contributed by atoms with Gasteiger partial charge in [0.25, 0.3) is 0 Å². The highest BCUT2D eigenvalue weighted by Crippen LogP contribution is 2.34. The standard InChI is InChI=1S/C26H24FN3O2/c1-2-20(31)16-28-26(32)30-24-14-19-13-21(17-9-5-3-6-10-17)25(18-11-7-4-8-12-18)29-23(19)15-22(24)27/h3-15,20,31H,2,16H2,1H3,(H2,28,30,32). The zero-order valence-electron chi connectivity index (χ0n) is 17.7. The highest BCUT2D eigenvalue weighted by Gasteiger charge is 2.15. The smallest absolute Gasteiger partial charge is 0.319 e. The zero-order valence-corrected chi connectivity index (χ0v) is 17.7. The number of amides is 2. The topological polar surface area (TPSA) is 74.2 Å². The molecule has 6 heteroatoms. The highest BCUT2D eigenvalue weighted by atomic mass is 19.1. The first-order valence-corrected chi connectivity index (χ1v) is 10.5. The minimum absolute atomic E-state index is 0.0502. The Bertz CT molecular complexity index is 1230. The first-order chi connectivity index (χ1) is 15.5. The molecule has 5 nitrogen and oxygen atoms in total. The van der Waals surface area contributed by atoms with Gasteiger partial charge in [0.15, 0.2) is 0 Å². The number of nitrogens with one attached hydrogen (secondary N) is 2. The van der Waals surface area contributed by atoms with Crippen LogP contribution in [0.1, 0.15) is 13.3 Å². The van der Waals surface area contributed by atoms with Crippen LogP contribution in [0.4, 0.5) is 14.9 Å². The number of carbonyl (C=O) groups is 1. The van der Waals surface area contributed by atoms with E-state index in [1.165, 1.54) is 6.07 Å². The lowest BCUT2D eigenvalue weighted by Gasteiger charge is -2.14. The average Bonchev–Trinajstić information content (AvgIpc) is 2.83. The van der Waals surface area contributed by atoms with Crippen molar-refractivity contribution in [3.8, 4) is 22.4 Å². The Morgan fingerprint density at radius 3 is 2.31 bits per heavy atom. The lowest BCUT2D eigenvalue weighted by molar-refractivity contribution is 0.168. The van der Waals surface area contributed by atoms with Crippen molar-refractivity contribution >= 4 is 22.6 Å². The fourth-order valence-electron chi connectivity index (χ4n) is 3.47. The molecule has 1 unspecified atom stereocenters. The summed E-state index contributed by atoms with van der Waals surface area (Å²) in [5.41, 5.74) is 4.14. The first kappa shape index (κ1) is 21.5. The molecule has 32 heavy (non-hydrogen) atoms. The van der Waals surface area contributed by atoms with Crippen molar-refractivity contribution in [3.63, 3.8) is 0 Å². The maximum absolute atomic E-state index is 14.8. The van der Waals surface area contributed by atoms with Crippen LogP contribution in [-0.4, -0.2) is 28.8 Å². The van der Waals surface area contributed by atoms with Crippen LogP contribution in [-0.2, 0) is 0 Å². The number of anilines is 1. The summed E-state index contributed by atoms with van der Waals surface area (Å²) in [4.78, 5) is 16.9. The molecule has 0 aliphatic rings. The van der Waals surface area contributed by atoms with Gasteiger partial charge in [0.2, 0.25) is 0 Å². The predicted molar refractivity (Wildman–Crippen MR) is 126 cm³/mol. The van der Waals surface area contributed by atoms with Gasteiger partial charge in [-0.15, -0.1) is 0 Å². The molecule has 162 valence electrons. The molecule has 4 aromatic rings. The summed E-state index contributed by atoms with van der Waals surface area (Å²) >= 11 is 0. The van der Waals surface area contributed by atoms with Gasteiger partial charge in [-0.3, -0.25) is 0 Å². The third-order valence-electron chi connectivity index (χ3n) is 5.25. The van der Waals surface area contributed by atoms with Crippen molar-refractivity contribution in [3.05, 3.63) is 84.7 Å². The molecule has 1 heterocycles. The summed E-state index contributed by atoms with van der Waals surface area (Å²) in [5, 5.41) is 15.4. The first-order valence-electron chi connectivity index (χ1n) is 10.5. The predicted octanol–water partition coefficient (Wildman–Crippen LogP) is 5.60. The van der Waals surface area contributed by atoms with E-state index in [0.29, 0.717) is 17.3 Å². The maximum Gasteiger partial charge on any atom is 0.319 e. The number of halogens is 1. The Balaban J connectivity index is 1.75. The lowest BCUT2D eigenvalue weighted by atomic mass is 9.97. The maximum atomic E-state index is 14.8. The van der Waals surface area contributed by atoms with Gasteiger partial charge in [0.1, 0.15) is 5.82 Å². The molecule has 2 amide bonds. The van der Waals surface area contributed by atoms with E-state index in [0.717, 1.165) is 22.4 Å². The van der Waals surface area contributed by atoms with E-state index >= 15 is 0 Å². The summed E-state index contributed by atoms with van der Waals surface area (Å²) in [6, 6.07) is 23.9. The number of carbonyl (C=O) groups excluding carboxylic acids is 1. The second kappa shape index (κ2) is 9.58. The normalized spacial score (nSPS) is 11.8. The number of aliphatic hydroxyl groups is 1. The fraction of sp³-hybridized carbons (Fsp3) is 0.154. The zero-order chi connectivity index (χ0) is 22.5. The van der Waals surface area contributed by atoms with Crippen LogP contribution < -0.4 is 10.6 Å². The van der Waals surface area contributed by atoms with Gasteiger partial charge in [0, 0.05) is 29.1 Å². The van der Waals surface area contributed by atoms with Crippen LogP contribution in [0.2, 0.25) is 0 Å². The molecule has 1 atom stereocenters. The Hall–Kier alpha value is -3.77. The van der Waals surface area contributed by atoms with Gasteiger partial charge >= 0.3 is 6.03 Å². The van der Waals surface area contributed by atoms with E-state index in [1.54, 1.807) is 6.07 Å². The van der Waals surface area contributed by atoms with Crippen LogP contribution in [0, 0.1) is 5.82 Å². The molecule has 0 aliphatic heterocycles. The molecular formula is C26H24FN3O2. The van der Waals surface area contributed by atoms with Crippen molar-refractivity contribution in [2.75, 3.05) is 11.9 Å². The van der Waals surface area contributed by atoms with Crippen LogP contribution in [0.25, 0.3) is 33.3 Å². The van der Waals surface area contributed by atoms with Crippen LogP contribution in [0.5, 0.6) is 0 Å². The quantitative estimate of drug-likeness (QED) is 0.373. The molecule has 0 fully saturated rings. The Labute approximate surface area is 185 Å². The van der Waals surface area contributed by atoms with Gasteiger partial charge in [-0.05, 0) is 24.1 Å². The molecule has 0 radical (unpaired) electrons. The summed E-state index contributed by atoms with van der Waals surface area (Å²) in [6.07, 6.45) is -0.126. The third-order valence-corrected chi connectivity index (χ3v) is 5.25. The molecule has 3 aromatic carbocycles. The fourth-order valence-corrected chi connectivity index (χ4v) is 3.47. The van der Waals surface area contributed by atoms with Crippen LogP contribution in [0.3, 0.4) is 0 Å². The van der Waals surface area contributed by atoms with E-state index in [1.807, 2.05) is 73.7 Å². The molecular weight excluding hydrogens is 405 g/mol. The number of benzene rings is 3. The molecule has 0 saturated heterocycles. The molecule has 0 aliphatic carbocycles. The van der Waals surface area contributed by atoms with E-state index in [2.05, 4.69) is 10.6 Å². The third kappa shape index (κ3) is 4.76. The second-order valence-corrected chi connectivity index (χ2v) is 7.54. The number of urea groups is 1. The molecule has 0 spiro atoms. The molecule has 3 N–H and O–H groups in total. The minimum Gasteiger partial charge on any atom is -0.391 e. The monoisotopic (exact) mass is 429 g/mol. The number of fused-ring (bicyclic) bond motifs is 1. The van der Waals surface area contributed by atoms with Crippen LogP contribution >= 0.6 is 0 Å². The molecule has 0 saturated carbocycles. The summed E-state index contributed by atoms with van der Waals surface area (Å²) in [5.74, 6) is -0.581. The van der Waals surface area contributed by atoms with Gasteiger partial charge in [-0.25, -0.2) is 14.2 Å².